The molecule has 104 valence electrons. The second kappa shape index (κ2) is 5.59. The maximum atomic E-state index is 10.8. The number of hydrazine groups is 1. The van der Waals surface area contributed by atoms with Gasteiger partial charge < -0.3 is 16.9 Å². The molecule has 0 spiro atoms. The fourth-order valence-corrected chi connectivity index (χ4v) is 2.32. The number of nitrogen functional groups attached to an aromatic ring is 3. The lowest BCUT2D eigenvalue weighted by molar-refractivity contribution is -0.385. The largest absolute Gasteiger partial charge is 0.383 e. The number of aromatic nitrogens is 2. The van der Waals surface area contributed by atoms with E-state index in [1.165, 1.54) is 18.2 Å². The van der Waals surface area contributed by atoms with Gasteiger partial charge in [0.25, 0.3) is 5.69 Å². The number of rotatable bonds is 4. The van der Waals surface area contributed by atoms with Crippen molar-refractivity contribution in [3.05, 3.63) is 34.4 Å². The second-order valence-corrected chi connectivity index (χ2v) is 4.76. The number of nitro benzene ring substituents is 1. The van der Waals surface area contributed by atoms with Crippen LogP contribution < -0.4 is 22.7 Å². The predicted octanol–water partition coefficient (Wildman–Crippen LogP) is 0.986. The van der Waals surface area contributed by atoms with E-state index in [9.17, 15) is 10.1 Å². The van der Waals surface area contributed by atoms with Crippen molar-refractivity contribution < 1.29 is 4.92 Å². The summed E-state index contributed by atoms with van der Waals surface area (Å²) >= 11 is 1.09. The van der Waals surface area contributed by atoms with Crippen LogP contribution in [0.5, 0.6) is 0 Å². The van der Waals surface area contributed by atoms with Crippen LogP contribution in [0, 0.1) is 10.1 Å². The molecule has 0 atom stereocenters. The van der Waals surface area contributed by atoms with E-state index in [0.717, 1.165) is 11.8 Å². The van der Waals surface area contributed by atoms with Crippen LogP contribution in [0.1, 0.15) is 0 Å². The third-order valence-electron chi connectivity index (χ3n) is 2.22. The summed E-state index contributed by atoms with van der Waals surface area (Å²) in [6, 6.07) is 5.75. The van der Waals surface area contributed by atoms with E-state index in [2.05, 4.69) is 15.4 Å². The van der Waals surface area contributed by atoms with Crippen LogP contribution in [-0.2, 0) is 0 Å². The Hall–Kier alpha value is -2.59. The van der Waals surface area contributed by atoms with E-state index in [1.807, 2.05) is 0 Å². The van der Waals surface area contributed by atoms with Gasteiger partial charge in [-0.3, -0.25) is 16.0 Å². The van der Waals surface area contributed by atoms with Crippen LogP contribution in [0.4, 0.5) is 23.0 Å². The summed E-state index contributed by atoms with van der Waals surface area (Å²) in [7, 11) is 0. The maximum absolute atomic E-state index is 10.8. The number of anilines is 3. The molecule has 10 heteroatoms. The summed E-state index contributed by atoms with van der Waals surface area (Å²) in [6.07, 6.45) is 0. The lowest BCUT2D eigenvalue weighted by atomic mass is 10.3. The highest BCUT2D eigenvalue weighted by Crippen LogP contribution is 2.31. The van der Waals surface area contributed by atoms with Gasteiger partial charge in [-0.2, -0.15) is 0 Å². The van der Waals surface area contributed by atoms with Crippen molar-refractivity contribution >= 4 is 34.8 Å². The summed E-state index contributed by atoms with van der Waals surface area (Å²) in [5.74, 6) is 5.73. The molecule has 1 heterocycles. The third-order valence-corrected chi connectivity index (χ3v) is 3.06. The second-order valence-electron chi connectivity index (χ2n) is 3.72. The first-order valence-corrected chi connectivity index (χ1v) is 6.13. The van der Waals surface area contributed by atoms with E-state index in [-0.39, 0.29) is 17.3 Å². The Bertz CT molecular complexity index is 644. The minimum absolute atomic E-state index is 0.0974. The number of hydrogen-bond donors (Lipinski definition) is 4. The molecule has 0 aliphatic carbocycles. The van der Waals surface area contributed by atoms with Gasteiger partial charge in [0.15, 0.2) is 5.16 Å². The molecule has 7 N–H and O–H groups in total. The molecule has 0 saturated carbocycles. The van der Waals surface area contributed by atoms with Gasteiger partial charge in [0.1, 0.15) is 11.6 Å². The Labute approximate surface area is 117 Å². The summed E-state index contributed by atoms with van der Waals surface area (Å²) in [6.45, 7) is 0. The van der Waals surface area contributed by atoms with Gasteiger partial charge >= 0.3 is 0 Å². The molecule has 0 unspecified atom stereocenters. The highest BCUT2D eigenvalue weighted by molar-refractivity contribution is 7.99. The topological polar surface area (TPSA) is 159 Å². The first kappa shape index (κ1) is 13.8. The van der Waals surface area contributed by atoms with Crippen molar-refractivity contribution in [1.29, 1.82) is 0 Å². The van der Waals surface area contributed by atoms with Crippen LogP contribution in [0.15, 0.2) is 34.3 Å². The third kappa shape index (κ3) is 3.24. The number of nitro groups is 1. The quantitative estimate of drug-likeness (QED) is 0.279. The summed E-state index contributed by atoms with van der Waals surface area (Å²) in [5, 5.41) is 11.1. The highest BCUT2D eigenvalue weighted by atomic mass is 32.2. The highest BCUT2D eigenvalue weighted by Gasteiger charge is 2.12. The standard InChI is InChI=1S/C10H11N7O2S/c11-8-4-9(12)15-10(14-8)20-7-2-5(16-13)1-6(3-7)17(18)19/h1-4,16H,13H2,(H4,11,12,14,15). The number of non-ortho nitro benzene ring substituents is 1. The predicted molar refractivity (Wildman–Crippen MR) is 75.9 cm³/mol. The van der Waals surface area contributed by atoms with Gasteiger partial charge in [-0.25, -0.2) is 9.97 Å². The van der Waals surface area contributed by atoms with Gasteiger partial charge in [-0.1, -0.05) is 0 Å². The SMILES string of the molecule is NNc1cc(Sc2nc(N)cc(N)n2)cc([N+](=O)[O-])c1. The molecule has 0 aliphatic rings. The maximum Gasteiger partial charge on any atom is 0.272 e. The molecule has 0 aliphatic heterocycles. The molecule has 2 aromatic rings. The monoisotopic (exact) mass is 293 g/mol. The minimum Gasteiger partial charge on any atom is -0.383 e. The van der Waals surface area contributed by atoms with Crippen molar-refractivity contribution in [3.8, 4) is 0 Å². The van der Waals surface area contributed by atoms with Crippen molar-refractivity contribution in [1.82, 2.24) is 9.97 Å². The number of nitrogens with one attached hydrogen (secondary N) is 1. The van der Waals surface area contributed by atoms with Crippen LogP contribution in [0.25, 0.3) is 0 Å². The van der Waals surface area contributed by atoms with Crippen LogP contribution in [0.3, 0.4) is 0 Å². The summed E-state index contributed by atoms with van der Waals surface area (Å²) in [4.78, 5) is 18.8. The fourth-order valence-electron chi connectivity index (χ4n) is 1.44. The smallest absolute Gasteiger partial charge is 0.272 e. The van der Waals surface area contributed by atoms with Gasteiger partial charge in [-0.15, -0.1) is 0 Å². The molecule has 0 saturated heterocycles. The Morgan fingerprint density at radius 3 is 2.35 bits per heavy atom. The molecule has 0 radical (unpaired) electrons. The van der Waals surface area contributed by atoms with Crippen LogP contribution >= 0.6 is 11.8 Å². The summed E-state index contributed by atoms with van der Waals surface area (Å²) in [5.41, 5.74) is 13.8. The average molecular weight is 293 g/mol. The zero-order chi connectivity index (χ0) is 14.7. The molecular weight excluding hydrogens is 282 g/mol. The average Bonchev–Trinajstić information content (AvgIpc) is 2.36. The number of nitrogens with two attached hydrogens (primary N) is 3. The first-order chi connectivity index (χ1) is 9.47. The minimum atomic E-state index is -0.514. The Kier molecular flexibility index (Phi) is 3.86. The fraction of sp³-hybridized carbons (Fsp3) is 0. The lowest BCUT2D eigenvalue weighted by Crippen LogP contribution is -2.07. The number of hydrogen-bond acceptors (Lipinski definition) is 9. The van der Waals surface area contributed by atoms with E-state index >= 15 is 0 Å². The van der Waals surface area contributed by atoms with Crippen LogP contribution in [-0.4, -0.2) is 14.9 Å². The molecule has 2 rings (SSSR count). The van der Waals surface area contributed by atoms with E-state index in [4.69, 9.17) is 17.3 Å². The first-order valence-electron chi connectivity index (χ1n) is 5.32. The molecule has 0 amide bonds. The zero-order valence-electron chi connectivity index (χ0n) is 10.1. The van der Waals surface area contributed by atoms with Gasteiger partial charge in [0, 0.05) is 23.1 Å². The molecular formula is C10H11N7O2S. The Balaban J connectivity index is 2.37. The molecule has 1 aromatic heterocycles. The van der Waals surface area contributed by atoms with Crippen molar-refractivity contribution in [2.75, 3.05) is 16.9 Å². The summed E-state index contributed by atoms with van der Waals surface area (Å²) < 4.78 is 0. The van der Waals surface area contributed by atoms with E-state index in [0.29, 0.717) is 15.7 Å². The van der Waals surface area contributed by atoms with Crippen molar-refractivity contribution in [2.45, 2.75) is 10.1 Å². The van der Waals surface area contributed by atoms with E-state index in [1.54, 1.807) is 6.07 Å². The van der Waals surface area contributed by atoms with Crippen molar-refractivity contribution in [2.24, 2.45) is 5.84 Å². The lowest BCUT2D eigenvalue weighted by Gasteiger charge is -2.05. The van der Waals surface area contributed by atoms with Crippen LogP contribution in [0.2, 0.25) is 0 Å². The van der Waals surface area contributed by atoms with Gasteiger partial charge in [0.2, 0.25) is 0 Å². The zero-order valence-corrected chi connectivity index (χ0v) is 10.9. The van der Waals surface area contributed by atoms with Crippen molar-refractivity contribution in [3.63, 3.8) is 0 Å². The van der Waals surface area contributed by atoms with E-state index < -0.39 is 4.92 Å². The number of benzene rings is 1. The normalized spacial score (nSPS) is 10.2. The Morgan fingerprint density at radius 1 is 1.15 bits per heavy atom. The van der Waals surface area contributed by atoms with Gasteiger partial charge in [0.05, 0.1) is 10.6 Å². The molecule has 0 bridgehead atoms. The number of nitrogens with zero attached hydrogens (tertiary/aromatic N) is 3. The molecule has 9 nitrogen and oxygen atoms in total. The Morgan fingerprint density at radius 2 is 1.80 bits per heavy atom. The molecule has 1 aromatic carbocycles. The van der Waals surface area contributed by atoms with Gasteiger partial charge in [-0.05, 0) is 17.8 Å². The molecule has 20 heavy (non-hydrogen) atoms. The molecule has 0 fully saturated rings.